The Balaban J connectivity index is 2.16. The van der Waals surface area contributed by atoms with Crippen molar-refractivity contribution in [2.24, 2.45) is 0 Å². The van der Waals surface area contributed by atoms with Crippen molar-refractivity contribution in [1.29, 1.82) is 0 Å². The molecule has 3 aromatic rings. The topological polar surface area (TPSA) is 0 Å². The third-order valence-electron chi connectivity index (χ3n) is 3.11. The summed E-state index contributed by atoms with van der Waals surface area (Å²) >= 11 is 17.4. The molecule has 3 rings (SSSR count). The maximum absolute atomic E-state index is 14.1. The summed E-state index contributed by atoms with van der Waals surface area (Å²) in [5, 5.41) is 2.53. The number of hydrogen-bond acceptors (Lipinski definition) is 1. The number of thiophene rings is 1. The maximum Gasteiger partial charge on any atom is 0.146 e. The highest BCUT2D eigenvalue weighted by Gasteiger charge is 2.20. The number of hydrogen-bond donors (Lipinski definition) is 0. The normalized spacial score (nSPS) is 12.8. The highest BCUT2D eigenvalue weighted by Crippen LogP contribution is 2.41. The molecule has 0 bridgehead atoms. The predicted octanol–water partition coefficient (Wildman–Crippen LogP) is 6.78. The zero-order valence-corrected chi connectivity index (χ0v) is 14.0. The number of benzene rings is 2. The van der Waals surface area contributed by atoms with Crippen LogP contribution in [-0.4, -0.2) is 0 Å². The number of halogens is 4. The molecule has 0 aliphatic heterocycles. The molecule has 1 aromatic heterocycles. The van der Waals surface area contributed by atoms with Crippen molar-refractivity contribution >= 4 is 60.6 Å². The Labute approximate surface area is 138 Å². The van der Waals surface area contributed by atoms with Crippen LogP contribution in [0, 0.1) is 5.82 Å². The minimum Gasteiger partial charge on any atom is -0.205 e. The number of fused-ring (bicyclic) bond motifs is 1. The fourth-order valence-corrected chi connectivity index (χ4v) is 4.38. The van der Waals surface area contributed by atoms with Crippen molar-refractivity contribution in [3.63, 3.8) is 0 Å². The Bertz CT molecular complexity index is 785. The van der Waals surface area contributed by atoms with Crippen LogP contribution in [0.2, 0.25) is 5.02 Å². The summed E-state index contributed by atoms with van der Waals surface area (Å²) in [5.74, 6) is -0.455. The van der Waals surface area contributed by atoms with E-state index in [-0.39, 0.29) is 5.02 Å². The van der Waals surface area contributed by atoms with Gasteiger partial charge in [-0.05, 0) is 44.4 Å². The van der Waals surface area contributed by atoms with Crippen LogP contribution in [0.15, 0.2) is 46.3 Å². The molecule has 0 nitrogen and oxygen atoms in total. The standard InChI is InChI=1S/C15H8BrCl2FS/c16-11-5-1-3-8-10(7-20-15(8)11)13(18)9-4-2-6-12(17)14(9)19/h1-7,13H. The van der Waals surface area contributed by atoms with Gasteiger partial charge in [0, 0.05) is 14.7 Å². The van der Waals surface area contributed by atoms with Crippen molar-refractivity contribution in [2.45, 2.75) is 5.38 Å². The van der Waals surface area contributed by atoms with E-state index in [4.69, 9.17) is 23.2 Å². The SMILES string of the molecule is Fc1c(Cl)cccc1C(Cl)c1csc2c(Br)cccc12. The fraction of sp³-hybridized carbons (Fsp3) is 0.0667. The van der Waals surface area contributed by atoms with Crippen LogP contribution in [0.5, 0.6) is 0 Å². The molecule has 5 heteroatoms. The van der Waals surface area contributed by atoms with E-state index in [1.165, 1.54) is 6.07 Å². The van der Waals surface area contributed by atoms with Crippen LogP contribution in [0.1, 0.15) is 16.5 Å². The third kappa shape index (κ3) is 2.37. The van der Waals surface area contributed by atoms with Crippen LogP contribution < -0.4 is 0 Å². The number of alkyl halides is 1. The molecule has 102 valence electrons. The first-order chi connectivity index (χ1) is 9.59. The molecule has 0 radical (unpaired) electrons. The van der Waals surface area contributed by atoms with E-state index in [1.807, 2.05) is 23.6 Å². The van der Waals surface area contributed by atoms with Crippen molar-refractivity contribution in [3.05, 3.63) is 68.2 Å². The van der Waals surface area contributed by atoms with Crippen molar-refractivity contribution in [1.82, 2.24) is 0 Å². The Morgan fingerprint density at radius 3 is 2.65 bits per heavy atom. The van der Waals surface area contributed by atoms with Gasteiger partial charge in [-0.25, -0.2) is 4.39 Å². The first kappa shape index (κ1) is 14.3. The van der Waals surface area contributed by atoms with Gasteiger partial charge in [0.1, 0.15) is 5.82 Å². The second-order valence-corrected chi connectivity index (χ2v) is 6.89. The third-order valence-corrected chi connectivity index (χ3v) is 5.84. The lowest BCUT2D eigenvalue weighted by Gasteiger charge is -2.11. The highest BCUT2D eigenvalue weighted by atomic mass is 79.9. The van der Waals surface area contributed by atoms with Gasteiger partial charge in [0.15, 0.2) is 0 Å². The minimum atomic E-state index is -0.559. The van der Waals surface area contributed by atoms with Crippen molar-refractivity contribution in [3.8, 4) is 0 Å². The first-order valence-corrected chi connectivity index (χ1v) is 8.32. The van der Waals surface area contributed by atoms with E-state index in [9.17, 15) is 4.39 Å². The monoisotopic (exact) mass is 388 g/mol. The molecular weight excluding hydrogens is 382 g/mol. The highest BCUT2D eigenvalue weighted by molar-refractivity contribution is 9.10. The average Bonchev–Trinajstić information content (AvgIpc) is 2.86. The van der Waals surface area contributed by atoms with Gasteiger partial charge in [-0.2, -0.15) is 0 Å². The summed E-state index contributed by atoms with van der Waals surface area (Å²) in [6.45, 7) is 0. The minimum absolute atomic E-state index is 0.0915. The van der Waals surface area contributed by atoms with Gasteiger partial charge in [-0.1, -0.05) is 35.9 Å². The molecule has 0 amide bonds. The van der Waals surface area contributed by atoms with Crippen molar-refractivity contribution in [2.75, 3.05) is 0 Å². The summed E-state index contributed by atoms with van der Waals surface area (Å²) in [7, 11) is 0. The van der Waals surface area contributed by atoms with E-state index >= 15 is 0 Å². The van der Waals surface area contributed by atoms with Crippen LogP contribution in [0.3, 0.4) is 0 Å². The van der Waals surface area contributed by atoms with Gasteiger partial charge < -0.3 is 0 Å². The maximum atomic E-state index is 14.1. The summed E-state index contributed by atoms with van der Waals surface area (Å²) in [6.07, 6.45) is 0. The summed E-state index contributed by atoms with van der Waals surface area (Å²) in [6, 6.07) is 10.8. The zero-order chi connectivity index (χ0) is 14.3. The molecular formula is C15H8BrCl2FS. The molecule has 0 N–H and O–H groups in total. The Morgan fingerprint density at radius 1 is 1.10 bits per heavy atom. The Kier molecular flexibility index (Phi) is 4.04. The summed E-state index contributed by atoms with van der Waals surface area (Å²) < 4.78 is 16.2. The lowest BCUT2D eigenvalue weighted by molar-refractivity contribution is 0.613. The molecule has 0 saturated carbocycles. The first-order valence-electron chi connectivity index (χ1n) is 5.83. The summed E-state index contributed by atoms with van der Waals surface area (Å²) in [5.41, 5.74) is 1.30. The van der Waals surface area contributed by atoms with Gasteiger partial charge in [0.05, 0.1) is 10.4 Å². The molecule has 0 saturated heterocycles. The second-order valence-electron chi connectivity index (χ2n) is 4.31. The number of rotatable bonds is 2. The molecule has 0 fully saturated rings. The van der Waals surface area contributed by atoms with Gasteiger partial charge in [0.2, 0.25) is 0 Å². The molecule has 1 unspecified atom stereocenters. The predicted molar refractivity (Wildman–Crippen MR) is 88.6 cm³/mol. The van der Waals surface area contributed by atoms with Gasteiger partial charge >= 0.3 is 0 Å². The fourth-order valence-electron chi connectivity index (χ4n) is 2.12. The van der Waals surface area contributed by atoms with Crippen LogP contribution in [-0.2, 0) is 0 Å². The molecule has 0 aliphatic rings. The van der Waals surface area contributed by atoms with Crippen LogP contribution >= 0.6 is 50.5 Å². The molecule has 20 heavy (non-hydrogen) atoms. The van der Waals surface area contributed by atoms with E-state index in [0.29, 0.717) is 5.56 Å². The Morgan fingerprint density at radius 2 is 1.85 bits per heavy atom. The lowest BCUT2D eigenvalue weighted by Crippen LogP contribution is -1.96. The smallest absolute Gasteiger partial charge is 0.146 e. The lowest BCUT2D eigenvalue weighted by atomic mass is 10.0. The largest absolute Gasteiger partial charge is 0.205 e. The molecule has 2 aromatic carbocycles. The van der Waals surface area contributed by atoms with Crippen LogP contribution in [0.25, 0.3) is 10.1 Å². The molecule has 0 aliphatic carbocycles. The van der Waals surface area contributed by atoms with E-state index < -0.39 is 11.2 Å². The zero-order valence-electron chi connectivity index (χ0n) is 10.0. The van der Waals surface area contributed by atoms with E-state index in [0.717, 1.165) is 20.1 Å². The van der Waals surface area contributed by atoms with Crippen LogP contribution in [0.4, 0.5) is 4.39 Å². The summed E-state index contributed by atoms with van der Waals surface area (Å²) in [4.78, 5) is 0. The molecule has 1 atom stereocenters. The van der Waals surface area contributed by atoms with E-state index in [2.05, 4.69) is 15.9 Å². The second kappa shape index (κ2) is 5.64. The Hall–Kier alpha value is -0.610. The van der Waals surface area contributed by atoms with Crippen molar-refractivity contribution < 1.29 is 4.39 Å². The van der Waals surface area contributed by atoms with Gasteiger partial charge in [0.25, 0.3) is 0 Å². The van der Waals surface area contributed by atoms with Gasteiger partial charge in [-0.15, -0.1) is 22.9 Å². The van der Waals surface area contributed by atoms with Gasteiger partial charge in [-0.3, -0.25) is 0 Å². The average molecular weight is 390 g/mol. The molecule has 1 heterocycles. The quantitative estimate of drug-likeness (QED) is 0.423. The molecule has 0 spiro atoms. The van der Waals surface area contributed by atoms with E-state index in [1.54, 1.807) is 23.5 Å².